The van der Waals surface area contributed by atoms with Crippen LogP contribution in [0.25, 0.3) is 0 Å². The van der Waals surface area contributed by atoms with Crippen molar-refractivity contribution in [1.29, 1.82) is 0 Å². The monoisotopic (exact) mass is 242 g/mol. The quantitative estimate of drug-likeness (QED) is 0.550. The van der Waals surface area contributed by atoms with Gasteiger partial charge in [-0.25, -0.2) is 0 Å². The number of methoxy groups -OCH3 is 1. The second-order valence-corrected chi connectivity index (χ2v) is 3.58. The highest BCUT2D eigenvalue weighted by atomic mass is 79.9. The minimum Gasteiger partial charge on any atom is -0.500 e. The Kier molecular flexibility index (Phi) is 3.96. The van der Waals surface area contributed by atoms with E-state index in [1.54, 1.807) is 7.11 Å². The van der Waals surface area contributed by atoms with Crippen molar-refractivity contribution in [3.05, 3.63) is 34.5 Å². The predicted octanol–water partition coefficient (Wildman–Crippen LogP) is 2.57. The lowest BCUT2D eigenvalue weighted by molar-refractivity contribution is -0.109. The van der Waals surface area contributed by atoms with Crippen LogP contribution >= 0.6 is 15.9 Å². The lowest BCUT2D eigenvalue weighted by atomic mass is 10.1. The van der Waals surface area contributed by atoms with Crippen LogP contribution in [-0.4, -0.2) is 13.4 Å². The topological polar surface area (TPSA) is 26.3 Å². The van der Waals surface area contributed by atoms with E-state index in [0.29, 0.717) is 5.76 Å². The summed E-state index contributed by atoms with van der Waals surface area (Å²) in [6.07, 6.45) is 9.33. The zero-order chi connectivity index (χ0) is 9.68. The summed E-state index contributed by atoms with van der Waals surface area (Å²) >= 11 is 3.37. The zero-order valence-electron chi connectivity index (χ0n) is 7.37. The van der Waals surface area contributed by atoms with Crippen LogP contribution in [0, 0.1) is 5.92 Å². The summed E-state index contributed by atoms with van der Waals surface area (Å²) in [6, 6.07) is 0. The van der Waals surface area contributed by atoms with Crippen LogP contribution in [0.15, 0.2) is 34.5 Å². The summed E-state index contributed by atoms with van der Waals surface area (Å²) in [5, 5.41) is 0. The molecule has 0 spiro atoms. The van der Waals surface area contributed by atoms with Crippen LogP contribution in [-0.2, 0) is 9.53 Å². The Morgan fingerprint density at radius 1 is 1.69 bits per heavy atom. The van der Waals surface area contributed by atoms with Crippen molar-refractivity contribution in [1.82, 2.24) is 0 Å². The second kappa shape index (κ2) is 5.02. The molecule has 2 nitrogen and oxygen atoms in total. The molecule has 0 N–H and O–H groups in total. The van der Waals surface area contributed by atoms with E-state index in [-0.39, 0.29) is 5.92 Å². The summed E-state index contributed by atoms with van der Waals surface area (Å²) in [5.41, 5.74) is 0. The second-order valence-electron chi connectivity index (χ2n) is 2.67. The number of ether oxygens (including phenoxy) is 1. The van der Waals surface area contributed by atoms with Crippen LogP contribution in [0.2, 0.25) is 0 Å². The molecular formula is C10H11BrO2. The van der Waals surface area contributed by atoms with Gasteiger partial charge in [-0.15, -0.1) is 0 Å². The molecule has 0 saturated carbocycles. The summed E-state index contributed by atoms with van der Waals surface area (Å²) < 4.78 is 6.05. The Bertz CT molecular complexity index is 277. The smallest absolute Gasteiger partial charge is 0.134 e. The fraction of sp³-hybridized carbons (Fsp3) is 0.300. The van der Waals surface area contributed by atoms with Gasteiger partial charge in [0.15, 0.2) is 0 Å². The first-order chi connectivity index (χ1) is 6.27. The third-order valence-corrected chi connectivity index (χ3v) is 2.34. The molecule has 1 rings (SSSR count). The van der Waals surface area contributed by atoms with Gasteiger partial charge in [0, 0.05) is 4.48 Å². The number of rotatable bonds is 2. The van der Waals surface area contributed by atoms with E-state index >= 15 is 0 Å². The summed E-state index contributed by atoms with van der Waals surface area (Å²) in [5.74, 6) is 0.403. The van der Waals surface area contributed by atoms with Gasteiger partial charge >= 0.3 is 0 Å². The number of halogens is 1. The number of hydrogen-bond acceptors (Lipinski definition) is 2. The van der Waals surface area contributed by atoms with E-state index in [2.05, 4.69) is 15.9 Å². The fourth-order valence-electron chi connectivity index (χ4n) is 1.10. The molecule has 0 aromatic carbocycles. The molecule has 0 aromatic rings. The Morgan fingerprint density at radius 3 is 3.08 bits per heavy atom. The third-order valence-electron chi connectivity index (χ3n) is 1.78. The van der Waals surface area contributed by atoms with Gasteiger partial charge in [-0.05, 0) is 12.5 Å². The van der Waals surface area contributed by atoms with E-state index < -0.39 is 0 Å². The molecule has 0 amide bonds. The molecule has 0 saturated heterocycles. The maximum atomic E-state index is 10.7. The number of carbonyl (C=O) groups is 1. The van der Waals surface area contributed by atoms with E-state index in [4.69, 9.17) is 4.74 Å². The Hall–Kier alpha value is -0.830. The predicted molar refractivity (Wildman–Crippen MR) is 55.4 cm³/mol. The maximum Gasteiger partial charge on any atom is 0.134 e. The largest absolute Gasteiger partial charge is 0.500 e. The molecule has 0 bridgehead atoms. The van der Waals surface area contributed by atoms with Crippen LogP contribution in [0.5, 0.6) is 0 Å². The minimum atomic E-state index is -0.258. The molecule has 3 heteroatoms. The molecule has 0 radical (unpaired) electrons. The summed E-state index contributed by atoms with van der Waals surface area (Å²) in [4.78, 5) is 10.7. The van der Waals surface area contributed by atoms with Crippen molar-refractivity contribution < 1.29 is 9.53 Å². The molecule has 1 aliphatic carbocycles. The molecule has 0 fully saturated rings. The molecule has 0 aliphatic heterocycles. The highest BCUT2D eigenvalue weighted by molar-refractivity contribution is 9.11. The van der Waals surface area contributed by atoms with Gasteiger partial charge in [-0.1, -0.05) is 34.2 Å². The number of allylic oxidation sites excluding steroid dienone is 5. The van der Waals surface area contributed by atoms with Crippen molar-refractivity contribution in [3.8, 4) is 0 Å². The average Bonchev–Trinajstić information content (AvgIpc) is 2.11. The van der Waals surface area contributed by atoms with Crippen molar-refractivity contribution in [3.63, 3.8) is 0 Å². The Morgan fingerprint density at radius 2 is 2.46 bits per heavy atom. The maximum absolute atomic E-state index is 10.7. The van der Waals surface area contributed by atoms with E-state index in [1.807, 2.05) is 24.3 Å². The normalized spacial score (nSPS) is 28.9. The van der Waals surface area contributed by atoms with Crippen molar-refractivity contribution in [2.24, 2.45) is 5.92 Å². The van der Waals surface area contributed by atoms with Gasteiger partial charge in [0.2, 0.25) is 0 Å². The van der Waals surface area contributed by atoms with Crippen LogP contribution in [0.4, 0.5) is 0 Å². The van der Waals surface area contributed by atoms with Gasteiger partial charge in [0.1, 0.15) is 12.0 Å². The molecule has 0 aromatic heterocycles. The highest BCUT2D eigenvalue weighted by Crippen LogP contribution is 2.20. The molecule has 0 heterocycles. The van der Waals surface area contributed by atoms with Gasteiger partial charge in [-0.3, -0.25) is 0 Å². The summed E-state index contributed by atoms with van der Waals surface area (Å²) in [7, 11) is 1.57. The standard InChI is InChI=1S/C10H11BrO2/c1-13-10-6-9(11)5-3-2-4-8(10)7-12/h2,4-8H,3H2,1H3/b4-2-,9-5?,10-6+/t8-/m0/s1. The van der Waals surface area contributed by atoms with E-state index in [0.717, 1.165) is 17.2 Å². The van der Waals surface area contributed by atoms with Crippen LogP contribution in [0.1, 0.15) is 6.42 Å². The number of carbonyl (C=O) groups excluding carboxylic acids is 1. The minimum absolute atomic E-state index is 0.258. The molecule has 70 valence electrons. The van der Waals surface area contributed by atoms with Gasteiger partial charge in [0.05, 0.1) is 13.0 Å². The van der Waals surface area contributed by atoms with E-state index in [9.17, 15) is 4.79 Å². The van der Waals surface area contributed by atoms with Gasteiger partial charge < -0.3 is 9.53 Å². The first kappa shape index (κ1) is 10.3. The lowest BCUT2D eigenvalue weighted by Crippen LogP contribution is -2.05. The average molecular weight is 243 g/mol. The van der Waals surface area contributed by atoms with Crippen LogP contribution < -0.4 is 0 Å². The molecule has 0 unspecified atom stereocenters. The highest BCUT2D eigenvalue weighted by Gasteiger charge is 2.11. The third kappa shape index (κ3) is 2.84. The van der Waals surface area contributed by atoms with Crippen LogP contribution in [0.3, 0.4) is 0 Å². The lowest BCUT2D eigenvalue weighted by Gasteiger charge is -2.11. The first-order valence-electron chi connectivity index (χ1n) is 4.01. The number of aldehydes is 1. The Balaban J connectivity index is 2.98. The summed E-state index contributed by atoms with van der Waals surface area (Å²) in [6.45, 7) is 0. The Labute approximate surface area is 86.1 Å². The van der Waals surface area contributed by atoms with Crippen molar-refractivity contribution in [2.75, 3.05) is 7.11 Å². The van der Waals surface area contributed by atoms with Crippen molar-refractivity contribution >= 4 is 22.2 Å². The van der Waals surface area contributed by atoms with Gasteiger partial charge in [-0.2, -0.15) is 0 Å². The first-order valence-corrected chi connectivity index (χ1v) is 4.80. The zero-order valence-corrected chi connectivity index (χ0v) is 8.95. The van der Waals surface area contributed by atoms with E-state index in [1.165, 1.54) is 0 Å². The molecule has 1 atom stereocenters. The molecule has 1 aliphatic rings. The molecular weight excluding hydrogens is 232 g/mol. The number of hydrogen-bond donors (Lipinski definition) is 0. The SMILES string of the molecule is CO/C1=C/C(Br)=CC/C=C\[C@H]1C=O. The van der Waals surface area contributed by atoms with Gasteiger partial charge in [0.25, 0.3) is 0 Å². The van der Waals surface area contributed by atoms with Crippen molar-refractivity contribution in [2.45, 2.75) is 6.42 Å². The fourth-order valence-corrected chi connectivity index (χ4v) is 1.51. The molecule has 13 heavy (non-hydrogen) atoms.